The topological polar surface area (TPSA) is 100 Å². The molecule has 0 radical (unpaired) electrons. The molecule has 0 aliphatic carbocycles. The SMILES string of the molecule is O=C(NOC1CCCCO1)C1(S(=O)(=O)c2ccc(Oc3cccc(C(F)(F)F)c3)cc2)CCOCC1. The van der Waals surface area contributed by atoms with Crippen LogP contribution in [0.4, 0.5) is 13.2 Å². The molecule has 1 N–H and O–H groups in total. The van der Waals surface area contributed by atoms with Crippen molar-refractivity contribution in [2.75, 3.05) is 19.8 Å². The smallest absolute Gasteiger partial charge is 0.416 e. The number of hydroxylamine groups is 1. The van der Waals surface area contributed by atoms with Gasteiger partial charge in [0.2, 0.25) is 0 Å². The van der Waals surface area contributed by atoms with Gasteiger partial charge < -0.3 is 14.2 Å². The van der Waals surface area contributed by atoms with E-state index in [1.165, 1.54) is 36.4 Å². The van der Waals surface area contributed by atoms with Crippen LogP contribution in [0.25, 0.3) is 0 Å². The molecule has 0 spiro atoms. The number of hydrogen-bond donors (Lipinski definition) is 1. The largest absolute Gasteiger partial charge is 0.457 e. The van der Waals surface area contributed by atoms with Crippen LogP contribution in [0.1, 0.15) is 37.7 Å². The lowest BCUT2D eigenvalue weighted by Crippen LogP contribution is -2.56. The van der Waals surface area contributed by atoms with E-state index < -0.39 is 38.5 Å². The zero-order valence-corrected chi connectivity index (χ0v) is 20.1. The lowest BCUT2D eigenvalue weighted by atomic mass is 9.98. The van der Waals surface area contributed by atoms with Crippen molar-refractivity contribution >= 4 is 15.7 Å². The average Bonchev–Trinajstić information content (AvgIpc) is 2.88. The summed E-state index contributed by atoms with van der Waals surface area (Å²) in [5.41, 5.74) is 1.42. The Bertz CT molecular complexity index is 1160. The number of hydrogen-bond acceptors (Lipinski definition) is 7. The monoisotopic (exact) mass is 529 g/mol. The number of carbonyl (C=O) groups is 1. The minimum absolute atomic E-state index is 0.0530. The summed E-state index contributed by atoms with van der Waals surface area (Å²) >= 11 is 0. The van der Waals surface area contributed by atoms with Gasteiger partial charge in [0.25, 0.3) is 5.91 Å². The van der Waals surface area contributed by atoms with Crippen molar-refractivity contribution in [1.82, 2.24) is 5.48 Å². The van der Waals surface area contributed by atoms with Crippen molar-refractivity contribution in [2.45, 2.75) is 54.2 Å². The van der Waals surface area contributed by atoms with Crippen LogP contribution in [-0.4, -0.2) is 45.2 Å². The number of benzene rings is 2. The number of carbonyl (C=O) groups excluding carboxylic acids is 1. The minimum Gasteiger partial charge on any atom is -0.457 e. The highest BCUT2D eigenvalue weighted by molar-refractivity contribution is 7.93. The number of amides is 1. The molecule has 2 fully saturated rings. The predicted molar refractivity (Wildman–Crippen MR) is 121 cm³/mol. The first-order valence-electron chi connectivity index (χ1n) is 11.5. The zero-order chi connectivity index (χ0) is 25.8. The van der Waals surface area contributed by atoms with E-state index in [-0.39, 0.29) is 42.4 Å². The fourth-order valence-electron chi connectivity index (χ4n) is 4.12. The van der Waals surface area contributed by atoms with Gasteiger partial charge in [-0.2, -0.15) is 13.2 Å². The Morgan fingerprint density at radius 3 is 2.36 bits per heavy atom. The normalized spacial score (nSPS) is 20.5. The van der Waals surface area contributed by atoms with Crippen LogP contribution in [0.3, 0.4) is 0 Å². The van der Waals surface area contributed by atoms with Gasteiger partial charge in [-0.25, -0.2) is 18.7 Å². The lowest BCUT2D eigenvalue weighted by Gasteiger charge is -2.35. The predicted octanol–water partition coefficient (Wildman–Crippen LogP) is 4.40. The summed E-state index contributed by atoms with van der Waals surface area (Å²) in [5, 5.41) is 0. The lowest BCUT2D eigenvalue weighted by molar-refractivity contribution is -0.202. The molecule has 196 valence electrons. The molecule has 1 atom stereocenters. The molecule has 2 aromatic rings. The summed E-state index contributed by atoms with van der Waals surface area (Å²) in [6.07, 6.45) is -2.98. The van der Waals surface area contributed by atoms with Crippen LogP contribution >= 0.6 is 0 Å². The van der Waals surface area contributed by atoms with Gasteiger partial charge in [-0.3, -0.25) is 4.79 Å². The van der Waals surface area contributed by atoms with Crippen molar-refractivity contribution in [3.05, 3.63) is 54.1 Å². The quantitative estimate of drug-likeness (QED) is 0.531. The number of halogens is 3. The van der Waals surface area contributed by atoms with Gasteiger partial charge in [0, 0.05) is 26.2 Å². The second-order valence-electron chi connectivity index (χ2n) is 8.55. The first-order valence-corrected chi connectivity index (χ1v) is 13.0. The Morgan fingerprint density at radius 1 is 1.00 bits per heavy atom. The van der Waals surface area contributed by atoms with Crippen LogP contribution in [0, 0.1) is 0 Å². The van der Waals surface area contributed by atoms with Crippen molar-refractivity contribution < 1.29 is 45.4 Å². The number of rotatable bonds is 7. The second-order valence-corrected chi connectivity index (χ2v) is 10.8. The molecule has 2 aliphatic heterocycles. The van der Waals surface area contributed by atoms with E-state index in [2.05, 4.69) is 5.48 Å². The summed E-state index contributed by atoms with van der Waals surface area (Å²) in [6, 6.07) is 9.51. The van der Waals surface area contributed by atoms with Gasteiger partial charge >= 0.3 is 6.18 Å². The fraction of sp³-hybridized carbons (Fsp3) is 0.458. The van der Waals surface area contributed by atoms with Crippen molar-refractivity contribution in [3.8, 4) is 11.5 Å². The van der Waals surface area contributed by atoms with Gasteiger partial charge in [-0.1, -0.05) is 6.07 Å². The Kier molecular flexibility index (Phi) is 7.88. The highest BCUT2D eigenvalue weighted by Crippen LogP contribution is 2.37. The number of nitrogens with one attached hydrogen (secondary N) is 1. The molecule has 1 amide bonds. The highest BCUT2D eigenvalue weighted by atomic mass is 32.2. The van der Waals surface area contributed by atoms with Crippen molar-refractivity contribution in [1.29, 1.82) is 0 Å². The standard InChI is InChI=1S/C24H26F3NO7S/c25-24(26,27)17-4-3-5-19(16-17)34-18-7-9-20(10-8-18)36(30,31)23(11-14-32-15-12-23)22(29)28-35-21-6-1-2-13-33-21/h3-5,7-10,16,21H,1-2,6,11-15H2,(H,28,29). The summed E-state index contributed by atoms with van der Waals surface area (Å²) in [4.78, 5) is 18.4. The van der Waals surface area contributed by atoms with E-state index in [1.54, 1.807) is 0 Å². The molecular weight excluding hydrogens is 503 g/mol. The maximum atomic E-state index is 13.7. The average molecular weight is 530 g/mol. The molecule has 0 aromatic heterocycles. The molecule has 8 nitrogen and oxygen atoms in total. The molecule has 2 heterocycles. The summed E-state index contributed by atoms with van der Waals surface area (Å²) in [6.45, 7) is 0.638. The Labute approximate surface area is 206 Å². The van der Waals surface area contributed by atoms with Crippen LogP contribution in [0.15, 0.2) is 53.4 Å². The van der Waals surface area contributed by atoms with E-state index >= 15 is 0 Å². The molecule has 0 bridgehead atoms. The third kappa shape index (κ3) is 5.66. The summed E-state index contributed by atoms with van der Waals surface area (Å²) in [5.74, 6) is -0.719. The number of ether oxygens (including phenoxy) is 3. The first-order chi connectivity index (χ1) is 17.1. The van der Waals surface area contributed by atoms with Crippen LogP contribution < -0.4 is 10.2 Å². The molecule has 4 rings (SSSR count). The molecule has 2 saturated heterocycles. The Balaban J connectivity index is 1.52. The molecule has 1 unspecified atom stereocenters. The van der Waals surface area contributed by atoms with Gasteiger partial charge in [-0.05, 0) is 68.1 Å². The minimum atomic E-state index is -4.53. The third-order valence-electron chi connectivity index (χ3n) is 6.18. The van der Waals surface area contributed by atoms with E-state index in [0.29, 0.717) is 13.0 Å². The van der Waals surface area contributed by atoms with Gasteiger partial charge in [0.05, 0.1) is 10.5 Å². The van der Waals surface area contributed by atoms with Gasteiger partial charge in [-0.15, -0.1) is 0 Å². The number of sulfone groups is 1. The van der Waals surface area contributed by atoms with Crippen LogP contribution in [0.2, 0.25) is 0 Å². The molecule has 2 aromatic carbocycles. The summed E-state index contributed by atoms with van der Waals surface area (Å²) in [7, 11) is -4.21. The Morgan fingerprint density at radius 2 is 1.72 bits per heavy atom. The zero-order valence-electron chi connectivity index (χ0n) is 19.3. The maximum Gasteiger partial charge on any atom is 0.416 e. The number of alkyl halides is 3. The van der Waals surface area contributed by atoms with Crippen LogP contribution in [-0.2, 0) is 35.1 Å². The molecule has 0 saturated carbocycles. The van der Waals surface area contributed by atoms with Gasteiger partial charge in [0.15, 0.2) is 20.9 Å². The van der Waals surface area contributed by atoms with Crippen molar-refractivity contribution in [3.63, 3.8) is 0 Å². The fourth-order valence-corrected chi connectivity index (χ4v) is 6.06. The molecule has 12 heteroatoms. The second kappa shape index (κ2) is 10.8. The van der Waals surface area contributed by atoms with Crippen LogP contribution in [0.5, 0.6) is 11.5 Å². The van der Waals surface area contributed by atoms with Crippen molar-refractivity contribution in [2.24, 2.45) is 0 Å². The maximum absolute atomic E-state index is 13.7. The molecular formula is C24H26F3NO7S. The Hall–Kier alpha value is -2.67. The van der Waals surface area contributed by atoms with E-state index in [0.717, 1.165) is 25.0 Å². The molecule has 2 aliphatic rings. The summed E-state index contributed by atoms with van der Waals surface area (Å²) < 4.78 is 80.6. The van der Waals surface area contributed by atoms with E-state index in [1.807, 2.05) is 0 Å². The first kappa shape index (κ1) is 26.4. The highest BCUT2D eigenvalue weighted by Gasteiger charge is 2.52. The third-order valence-corrected chi connectivity index (χ3v) is 8.70. The van der Waals surface area contributed by atoms with Gasteiger partial charge in [0.1, 0.15) is 11.5 Å². The van der Waals surface area contributed by atoms with E-state index in [9.17, 15) is 26.4 Å². The molecule has 36 heavy (non-hydrogen) atoms. The van der Waals surface area contributed by atoms with E-state index in [4.69, 9.17) is 19.0 Å².